The Hall–Kier alpha value is -0.160. The van der Waals surface area contributed by atoms with Gasteiger partial charge in [0.05, 0.1) is 12.2 Å². The SMILES string of the molecule is CO[CH]C(OC)(OC)C1CCC2OC2C1. The fourth-order valence-corrected chi connectivity index (χ4v) is 2.54. The van der Waals surface area contributed by atoms with Crippen molar-refractivity contribution in [2.45, 2.75) is 37.3 Å². The van der Waals surface area contributed by atoms with Gasteiger partial charge in [0.2, 0.25) is 0 Å². The van der Waals surface area contributed by atoms with Crippen molar-refractivity contribution < 1.29 is 18.9 Å². The van der Waals surface area contributed by atoms with Gasteiger partial charge in [-0.25, -0.2) is 0 Å². The van der Waals surface area contributed by atoms with Gasteiger partial charge < -0.3 is 18.9 Å². The number of rotatable bonds is 5. The molecule has 0 bridgehead atoms. The third-order valence-electron chi connectivity index (χ3n) is 3.49. The first-order chi connectivity index (χ1) is 7.25. The van der Waals surface area contributed by atoms with Gasteiger partial charge in [-0.3, -0.25) is 0 Å². The highest BCUT2D eigenvalue weighted by Crippen LogP contribution is 2.45. The molecule has 0 aromatic rings. The molecule has 2 rings (SSSR count). The van der Waals surface area contributed by atoms with Gasteiger partial charge in [-0.05, 0) is 19.3 Å². The summed E-state index contributed by atoms with van der Waals surface area (Å²) in [5.41, 5.74) is 0. The largest absolute Gasteiger partial charge is 0.373 e. The molecule has 0 amide bonds. The van der Waals surface area contributed by atoms with E-state index in [0.717, 1.165) is 19.3 Å². The average Bonchev–Trinajstić information content (AvgIpc) is 3.04. The molecule has 1 radical (unpaired) electrons. The van der Waals surface area contributed by atoms with Crippen LogP contribution in [0.15, 0.2) is 0 Å². The van der Waals surface area contributed by atoms with Crippen LogP contribution in [0.25, 0.3) is 0 Å². The highest BCUT2D eigenvalue weighted by molar-refractivity contribution is 4.98. The number of epoxide rings is 1. The van der Waals surface area contributed by atoms with E-state index in [-0.39, 0.29) is 0 Å². The first-order valence-electron chi connectivity index (χ1n) is 5.38. The first-order valence-corrected chi connectivity index (χ1v) is 5.38. The Morgan fingerprint density at radius 1 is 1.13 bits per heavy atom. The molecule has 15 heavy (non-hydrogen) atoms. The second-order valence-electron chi connectivity index (χ2n) is 4.21. The summed E-state index contributed by atoms with van der Waals surface area (Å²) in [6, 6.07) is 0. The van der Waals surface area contributed by atoms with Crippen molar-refractivity contribution in [1.29, 1.82) is 0 Å². The van der Waals surface area contributed by atoms with Gasteiger partial charge in [-0.1, -0.05) is 0 Å². The van der Waals surface area contributed by atoms with Gasteiger partial charge >= 0.3 is 0 Å². The van der Waals surface area contributed by atoms with E-state index in [1.54, 1.807) is 27.9 Å². The molecule has 4 nitrogen and oxygen atoms in total. The number of hydrogen-bond acceptors (Lipinski definition) is 4. The van der Waals surface area contributed by atoms with E-state index in [0.29, 0.717) is 18.1 Å². The Kier molecular flexibility index (Phi) is 3.30. The maximum atomic E-state index is 5.50. The van der Waals surface area contributed by atoms with Gasteiger partial charge in [0.25, 0.3) is 0 Å². The van der Waals surface area contributed by atoms with Crippen LogP contribution < -0.4 is 0 Å². The zero-order valence-electron chi connectivity index (χ0n) is 9.56. The van der Waals surface area contributed by atoms with Crippen molar-refractivity contribution in [2.24, 2.45) is 5.92 Å². The summed E-state index contributed by atoms with van der Waals surface area (Å²) < 4.78 is 21.5. The van der Waals surface area contributed by atoms with Crippen molar-refractivity contribution in [2.75, 3.05) is 21.3 Å². The fraction of sp³-hybridized carbons (Fsp3) is 0.909. The molecule has 1 saturated carbocycles. The van der Waals surface area contributed by atoms with Gasteiger partial charge in [-0.15, -0.1) is 0 Å². The molecule has 0 aromatic carbocycles. The molecule has 4 heteroatoms. The quantitative estimate of drug-likeness (QED) is 0.512. The van der Waals surface area contributed by atoms with Gasteiger partial charge in [0, 0.05) is 27.2 Å². The van der Waals surface area contributed by atoms with Crippen molar-refractivity contribution in [3.05, 3.63) is 6.61 Å². The van der Waals surface area contributed by atoms with Crippen LogP contribution in [0, 0.1) is 12.5 Å². The third kappa shape index (κ3) is 2.04. The van der Waals surface area contributed by atoms with Gasteiger partial charge in [-0.2, -0.15) is 0 Å². The second kappa shape index (κ2) is 4.37. The van der Waals surface area contributed by atoms with Crippen LogP contribution in [0.3, 0.4) is 0 Å². The maximum absolute atomic E-state index is 5.50. The highest BCUT2D eigenvalue weighted by atomic mass is 16.7. The third-order valence-corrected chi connectivity index (χ3v) is 3.49. The van der Waals surface area contributed by atoms with E-state index in [1.807, 2.05) is 0 Å². The van der Waals surface area contributed by atoms with E-state index in [2.05, 4.69) is 0 Å². The molecular formula is C11H19O4. The first kappa shape index (κ1) is 11.3. The van der Waals surface area contributed by atoms with Crippen LogP contribution in [0.1, 0.15) is 19.3 Å². The summed E-state index contributed by atoms with van der Waals surface area (Å²) in [6.45, 7) is 1.64. The lowest BCUT2D eigenvalue weighted by molar-refractivity contribution is -0.241. The molecule has 2 fully saturated rings. The summed E-state index contributed by atoms with van der Waals surface area (Å²) in [5.74, 6) is -0.401. The van der Waals surface area contributed by atoms with Crippen molar-refractivity contribution in [3.63, 3.8) is 0 Å². The monoisotopic (exact) mass is 215 g/mol. The minimum atomic E-state index is -0.717. The minimum Gasteiger partial charge on any atom is -0.373 e. The van der Waals surface area contributed by atoms with Crippen molar-refractivity contribution in [1.82, 2.24) is 0 Å². The molecule has 1 heterocycles. The number of methoxy groups -OCH3 is 3. The fourth-order valence-electron chi connectivity index (χ4n) is 2.54. The lowest BCUT2D eigenvalue weighted by Gasteiger charge is -2.38. The summed E-state index contributed by atoms with van der Waals surface area (Å²) in [5, 5.41) is 0. The van der Waals surface area contributed by atoms with Gasteiger partial charge in [0.15, 0.2) is 5.79 Å². The van der Waals surface area contributed by atoms with Crippen LogP contribution in [-0.4, -0.2) is 39.3 Å². The zero-order chi connectivity index (χ0) is 10.9. The van der Waals surface area contributed by atoms with E-state index >= 15 is 0 Å². The van der Waals surface area contributed by atoms with Crippen molar-refractivity contribution >= 4 is 0 Å². The Morgan fingerprint density at radius 2 is 1.87 bits per heavy atom. The zero-order valence-corrected chi connectivity index (χ0v) is 9.56. The normalized spacial score (nSPS) is 35.0. The Morgan fingerprint density at radius 3 is 2.40 bits per heavy atom. The summed E-state index contributed by atoms with van der Waals surface area (Å²) in [7, 11) is 4.92. The van der Waals surface area contributed by atoms with Crippen LogP contribution in [-0.2, 0) is 18.9 Å². The Labute approximate surface area is 90.8 Å². The number of ether oxygens (including phenoxy) is 4. The van der Waals surface area contributed by atoms with E-state index in [4.69, 9.17) is 18.9 Å². The molecule has 0 N–H and O–H groups in total. The molecule has 2 aliphatic rings. The Balaban J connectivity index is 2.01. The van der Waals surface area contributed by atoms with E-state index in [9.17, 15) is 0 Å². The average molecular weight is 215 g/mol. The minimum absolute atomic E-state index is 0.316. The van der Waals surface area contributed by atoms with Crippen LogP contribution in [0.4, 0.5) is 0 Å². The van der Waals surface area contributed by atoms with Crippen LogP contribution in [0.2, 0.25) is 0 Å². The summed E-state index contributed by atoms with van der Waals surface area (Å²) in [6.07, 6.45) is 4.06. The van der Waals surface area contributed by atoms with E-state index in [1.165, 1.54) is 0 Å². The molecule has 0 spiro atoms. The number of hydrogen-bond donors (Lipinski definition) is 0. The molecule has 3 atom stereocenters. The van der Waals surface area contributed by atoms with E-state index < -0.39 is 5.79 Å². The van der Waals surface area contributed by atoms with Crippen LogP contribution in [0.5, 0.6) is 0 Å². The second-order valence-corrected chi connectivity index (χ2v) is 4.21. The Bertz CT molecular complexity index is 215. The van der Waals surface area contributed by atoms with Crippen molar-refractivity contribution in [3.8, 4) is 0 Å². The predicted molar refractivity (Wildman–Crippen MR) is 54.1 cm³/mol. The molecule has 1 aliphatic carbocycles. The summed E-state index contributed by atoms with van der Waals surface area (Å²) in [4.78, 5) is 0. The molecule has 0 aromatic heterocycles. The predicted octanol–water partition coefficient (Wildman–Crippen LogP) is 1.35. The van der Waals surface area contributed by atoms with Gasteiger partial charge in [0.1, 0.15) is 6.61 Å². The lowest BCUT2D eigenvalue weighted by Crippen LogP contribution is -2.45. The molecule has 1 saturated heterocycles. The smallest absolute Gasteiger partial charge is 0.199 e. The standard InChI is InChI=1S/C11H19O4/c1-12-7-11(13-2,14-3)8-4-5-9-10(6-8)15-9/h7-10H,4-6H2,1-3H3. The molecule has 87 valence electrons. The topological polar surface area (TPSA) is 40.2 Å². The lowest BCUT2D eigenvalue weighted by atomic mass is 9.83. The highest BCUT2D eigenvalue weighted by Gasteiger charge is 2.51. The van der Waals surface area contributed by atoms with Crippen LogP contribution >= 0.6 is 0 Å². The summed E-state index contributed by atoms with van der Waals surface area (Å²) >= 11 is 0. The molecule has 1 aliphatic heterocycles. The molecular weight excluding hydrogens is 196 g/mol. The number of fused-ring (bicyclic) bond motifs is 1. The molecule has 3 unspecified atom stereocenters. The maximum Gasteiger partial charge on any atom is 0.199 e.